The second kappa shape index (κ2) is 5.50. The SMILES string of the molecule is CCC(N)CCNC(=O)C1(C)CCCC1. The molecular formula is C12H24N2O. The average Bonchev–Trinajstić information content (AvgIpc) is 2.66. The van der Waals surface area contributed by atoms with E-state index in [0.717, 1.165) is 32.2 Å². The van der Waals surface area contributed by atoms with Gasteiger partial charge in [0.25, 0.3) is 0 Å². The van der Waals surface area contributed by atoms with Crippen molar-refractivity contribution < 1.29 is 4.79 Å². The Hall–Kier alpha value is -0.570. The standard InChI is InChI=1S/C12H24N2O/c1-3-10(13)6-9-14-11(15)12(2)7-4-5-8-12/h10H,3-9,13H2,1-2H3,(H,14,15). The van der Waals surface area contributed by atoms with Gasteiger partial charge in [-0.05, 0) is 25.7 Å². The maximum Gasteiger partial charge on any atom is 0.225 e. The third kappa shape index (κ3) is 3.49. The van der Waals surface area contributed by atoms with E-state index in [9.17, 15) is 4.79 Å². The van der Waals surface area contributed by atoms with E-state index < -0.39 is 0 Å². The van der Waals surface area contributed by atoms with Crippen LogP contribution in [0, 0.1) is 5.41 Å². The molecule has 1 saturated carbocycles. The van der Waals surface area contributed by atoms with E-state index in [4.69, 9.17) is 5.73 Å². The second-order valence-corrected chi connectivity index (χ2v) is 4.98. The van der Waals surface area contributed by atoms with Gasteiger partial charge in [0.05, 0.1) is 0 Å². The highest BCUT2D eigenvalue weighted by atomic mass is 16.2. The van der Waals surface area contributed by atoms with Crippen LogP contribution in [0.15, 0.2) is 0 Å². The number of carbonyl (C=O) groups is 1. The lowest BCUT2D eigenvalue weighted by Gasteiger charge is -2.22. The molecule has 15 heavy (non-hydrogen) atoms. The molecule has 3 heteroatoms. The minimum atomic E-state index is -0.101. The van der Waals surface area contributed by atoms with Gasteiger partial charge in [-0.1, -0.05) is 26.7 Å². The first-order valence-electron chi connectivity index (χ1n) is 6.12. The zero-order valence-electron chi connectivity index (χ0n) is 10.0. The Kier molecular flexibility index (Phi) is 4.58. The van der Waals surface area contributed by atoms with Crippen LogP contribution in [-0.2, 0) is 4.79 Å². The third-order valence-electron chi connectivity index (χ3n) is 3.58. The van der Waals surface area contributed by atoms with E-state index in [-0.39, 0.29) is 17.4 Å². The second-order valence-electron chi connectivity index (χ2n) is 4.98. The van der Waals surface area contributed by atoms with Gasteiger partial charge in [-0.2, -0.15) is 0 Å². The molecule has 3 nitrogen and oxygen atoms in total. The number of rotatable bonds is 5. The highest BCUT2D eigenvalue weighted by Crippen LogP contribution is 2.37. The van der Waals surface area contributed by atoms with Gasteiger partial charge in [0.15, 0.2) is 0 Å². The number of hydrogen-bond acceptors (Lipinski definition) is 2. The topological polar surface area (TPSA) is 55.1 Å². The van der Waals surface area contributed by atoms with Crippen LogP contribution in [0.2, 0.25) is 0 Å². The minimum Gasteiger partial charge on any atom is -0.356 e. The Labute approximate surface area is 92.8 Å². The van der Waals surface area contributed by atoms with Crippen LogP contribution in [0.25, 0.3) is 0 Å². The van der Waals surface area contributed by atoms with E-state index in [0.29, 0.717) is 0 Å². The monoisotopic (exact) mass is 212 g/mol. The molecule has 1 unspecified atom stereocenters. The highest BCUT2D eigenvalue weighted by molar-refractivity contribution is 5.82. The summed E-state index contributed by atoms with van der Waals surface area (Å²) < 4.78 is 0. The molecule has 0 aliphatic heterocycles. The normalized spacial score (nSPS) is 21.3. The van der Waals surface area contributed by atoms with E-state index in [1.54, 1.807) is 0 Å². The number of nitrogens with two attached hydrogens (primary N) is 1. The van der Waals surface area contributed by atoms with Crippen LogP contribution < -0.4 is 11.1 Å². The van der Waals surface area contributed by atoms with Crippen LogP contribution >= 0.6 is 0 Å². The molecule has 0 aromatic rings. The zero-order chi connectivity index (χ0) is 11.3. The van der Waals surface area contributed by atoms with Crippen LogP contribution in [0.4, 0.5) is 0 Å². The molecule has 1 rings (SSSR count). The smallest absolute Gasteiger partial charge is 0.225 e. The fraction of sp³-hybridized carbons (Fsp3) is 0.917. The molecule has 0 bridgehead atoms. The molecule has 1 amide bonds. The molecule has 1 atom stereocenters. The van der Waals surface area contributed by atoms with Gasteiger partial charge >= 0.3 is 0 Å². The number of hydrogen-bond donors (Lipinski definition) is 2. The van der Waals surface area contributed by atoms with Crippen LogP contribution in [0.1, 0.15) is 52.4 Å². The number of nitrogens with one attached hydrogen (secondary N) is 1. The summed E-state index contributed by atoms with van der Waals surface area (Å²) in [6.07, 6.45) is 6.33. The number of carbonyl (C=O) groups excluding carboxylic acids is 1. The lowest BCUT2D eigenvalue weighted by molar-refractivity contribution is -0.129. The fourth-order valence-corrected chi connectivity index (χ4v) is 2.17. The summed E-state index contributed by atoms with van der Waals surface area (Å²) in [6, 6.07) is 0.224. The Morgan fingerprint density at radius 1 is 1.47 bits per heavy atom. The molecule has 88 valence electrons. The van der Waals surface area contributed by atoms with Crippen molar-refractivity contribution in [1.29, 1.82) is 0 Å². The summed E-state index contributed by atoms with van der Waals surface area (Å²) in [7, 11) is 0. The number of amides is 1. The van der Waals surface area contributed by atoms with E-state index in [1.807, 2.05) is 0 Å². The molecule has 1 aliphatic carbocycles. The maximum atomic E-state index is 11.9. The van der Waals surface area contributed by atoms with Gasteiger partial charge < -0.3 is 11.1 Å². The van der Waals surface area contributed by atoms with Crippen molar-refractivity contribution >= 4 is 5.91 Å². The predicted octanol–water partition coefficient (Wildman–Crippen LogP) is 1.81. The molecule has 0 spiro atoms. The largest absolute Gasteiger partial charge is 0.356 e. The molecule has 1 fully saturated rings. The van der Waals surface area contributed by atoms with Gasteiger partial charge in [0, 0.05) is 18.0 Å². The summed E-state index contributed by atoms with van der Waals surface area (Å²) in [5.74, 6) is 0.225. The fourth-order valence-electron chi connectivity index (χ4n) is 2.17. The molecular weight excluding hydrogens is 188 g/mol. The zero-order valence-corrected chi connectivity index (χ0v) is 10.0. The van der Waals surface area contributed by atoms with Crippen LogP contribution in [-0.4, -0.2) is 18.5 Å². The highest BCUT2D eigenvalue weighted by Gasteiger charge is 2.35. The van der Waals surface area contributed by atoms with Crippen molar-refractivity contribution in [2.24, 2.45) is 11.1 Å². The van der Waals surface area contributed by atoms with Crippen molar-refractivity contribution in [3.63, 3.8) is 0 Å². The van der Waals surface area contributed by atoms with Gasteiger partial charge in [-0.15, -0.1) is 0 Å². The van der Waals surface area contributed by atoms with Crippen molar-refractivity contribution in [3.8, 4) is 0 Å². The molecule has 0 aromatic heterocycles. The van der Waals surface area contributed by atoms with E-state index in [2.05, 4.69) is 19.2 Å². The van der Waals surface area contributed by atoms with Crippen molar-refractivity contribution in [1.82, 2.24) is 5.32 Å². The van der Waals surface area contributed by atoms with E-state index in [1.165, 1.54) is 12.8 Å². The quantitative estimate of drug-likeness (QED) is 0.730. The lowest BCUT2D eigenvalue weighted by Crippen LogP contribution is -2.39. The van der Waals surface area contributed by atoms with Crippen molar-refractivity contribution in [2.45, 2.75) is 58.4 Å². The summed E-state index contributed by atoms with van der Waals surface area (Å²) in [6.45, 7) is 4.88. The van der Waals surface area contributed by atoms with Crippen molar-refractivity contribution in [2.75, 3.05) is 6.54 Å². The molecule has 1 aliphatic rings. The van der Waals surface area contributed by atoms with E-state index >= 15 is 0 Å². The molecule has 3 N–H and O–H groups in total. The lowest BCUT2D eigenvalue weighted by atomic mass is 9.88. The summed E-state index contributed by atoms with van der Waals surface area (Å²) in [5, 5.41) is 3.01. The van der Waals surface area contributed by atoms with Gasteiger partial charge in [0.1, 0.15) is 0 Å². The summed E-state index contributed by atoms with van der Waals surface area (Å²) in [5.41, 5.74) is 5.69. The average molecular weight is 212 g/mol. The maximum absolute atomic E-state index is 11.9. The van der Waals surface area contributed by atoms with Gasteiger partial charge in [-0.25, -0.2) is 0 Å². The molecule has 0 saturated heterocycles. The Balaban J connectivity index is 2.24. The molecule has 0 radical (unpaired) electrons. The van der Waals surface area contributed by atoms with Crippen LogP contribution in [0.3, 0.4) is 0 Å². The first-order valence-corrected chi connectivity index (χ1v) is 6.12. The first kappa shape index (κ1) is 12.5. The predicted molar refractivity (Wildman–Crippen MR) is 62.5 cm³/mol. The Bertz CT molecular complexity index is 210. The third-order valence-corrected chi connectivity index (χ3v) is 3.58. The van der Waals surface area contributed by atoms with Crippen molar-refractivity contribution in [3.05, 3.63) is 0 Å². The molecule has 0 aromatic carbocycles. The Morgan fingerprint density at radius 3 is 2.60 bits per heavy atom. The summed E-state index contributed by atoms with van der Waals surface area (Å²) in [4.78, 5) is 11.9. The minimum absolute atomic E-state index is 0.101. The van der Waals surface area contributed by atoms with Crippen LogP contribution in [0.5, 0.6) is 0 Å². The van der Waals surface area contributed by atoms with Gasteiger partial charge in [0.2, 0.25) is 5.91 Å². The van der Waals surface area contributed by atoms with Gasteiger partial charge in [-0.3, -0.25) is 4.79 Å². The first-order chi connectivity index (χ1) is 7.08. The summed E-state index contributed by atoms with van der Waals surface area (Å²) >= 11 is 0. The molecule has 0 heterocycles. The Morgan fingerprint density at radius 2 is 2.07 bits per heavy atom.